The van der Waals surface area contributed by atoms with Crippen LogP contribution in [0.4, 0.5) is 0 Å². The molecule has 1 aliphatic heterocycles. The van der Waals surface area contributed by atoms with Crippen LogP contribution in [0.25, 0.3) is 11.1 Å². The van der Waals surface area contributed by atoms with Gasteiger partial charge in [-0.2, -0.15) is 0 Å². The zero-order valence-corrected chi connectivity index (χ0v) is 12.1. The number of rotatable bonds is 3. The first-order valence-corrected chi connectivity index (χ1v) is 7.33. The maximum Gasteiger partial charge on any atom is 0.125 e. The van der Waals surface area contributed by atoms with Crippen LogP contribution in [0.1, 0.15) is 5.56 Å². The average molecular weight is 304 g/mol. The lowest BCUT2D eigenvalue weighted by molar-refractivity contribution is -0.248. The zero-order valence-electron chi connectivity index (χ0n) is 12.1. The molecule has 22 heavy (non-hydrogen) atoms. The maximum atomic E-state index is 10.8. The molecule has 0 saturated carbocycles. The molecule has 1 fully saturated rings. The van der Waals surface area contributed by atoms with Crippen LogP contribution < -0.4 is 0 Å². The van der Waals surface area contributed by atoms with Crippen molar-refractivity contribution in [2.45, 2.75) is 30.3 Å². The molecule has 1 unspecified atom stereocenters. The highest BCUT2D eigenvalue weighted by Crippen LogP contribution is 2.33. The lowest BCUT2D eigenvalue weighted by Crippen LogP contribution is -2.64. The molecule has 1 heterocycles. The highest BCUT2D eigenvalue weighted by atomic mass is 16.5. The van der Waals surface area contributed by atoms with Gasteiger partial charge in [-0.05, 0) is 16.7 Å². The number of hydrogen-bond acceptors (Lipinski definition) is 5. The molecule has 4 N–H and O–H groups in total. The summed E-state index contributed by atoms with van der Waals surface area (Å²) in [7, 11) is 0. The van der Waals surface area contributed by atoms with Crippen molar-refractivity contribution in [2.24, 2.45) is 0 Å². The maximum absolute atomic E-state index is 10.8. The largest absolute Gasteiger partial charge is 0.394 e. The van der Waals surface area contributed by atoms with E-state index in [2.05, 4.69) is 0 Å². The standard InChI is InChI=1S/C17H20O5/c18-9-15-17(21,16(20)14(19)10-22-15)8-11-6-12-4-2-1-3-5-13(12)7-11/h1-7,14-16,18-21H,8-10H2/t14?,15-,16-,17-/m1/s1. The summed E-state index contributed by atoms with van der Waals surface area (Å²) in [4.78, 5) is 0. The molecule has 4 atom stereocenters. The number of fused-ring (bicyclic) bond motifs is 1. The lowest BCUT2D eigenvalue weighted by Gasteiger charge is -2.44. The van der Waals surface area contributed by atoms with E-state index in [1.54, 1.807) is 0 Å². The van der Waals surface area contributed by atoms with Gasteiger partial charge in [-0.25, -0.2) is 0 Å². The van der Waals surface area contributed by atoms with Gasteiger partial charge in [0.25, 0.3) is 0 Å². The number of ether oxygens (including phenoxy) is 1. The minimum atomic E-state index is -1.72. The molecular weight excluding hydrogens is 284 g/mol. The van der Waals surface area contributed by atoms with Crippen LogP contribution in [-0.2, 0) is 11.2 Å². The molecule has 0 spiro atoms. The molecule has 0 aromatic carbocycles. The molecule has 5 heteroatoms. The van der Waals surface area contributed by atoms with Gasteiger partial charge in [0.2, 0.25) is 0 Å². The number of hydrogen-bond donors (Lipinski definition) is 4. The Morgan fingerprint density at radius 1 is 1.09 bits per heavy atom. The summed E-state index contributed by atoms with van der Waals surface area (Å²) in [6, 6.07) is 13.6. The van der Waals surface area contributed by atoms with Crippen LogP contribution in [0, 0.1) is 0 Å². The van der Waals surface area contributed by atoms with E-state index in [1.165, 1.54) is 0 Å². The molecule has 0 aromatic heterocycles. The summed E-state index contributed by atoms with van der Waals surface area (Å²) in [6.45, 7) is -0.525. The van der Waals surface area contributed by atoms with Crippen LogP contribution in [0.5, 0.6) is 0 Å². The van der Waals surface area contributed by atoms with E-state index in [0.717, 1.165) is 16.7 Å². The second kappa shape index (κ2) is 5.95. The first kappa shape index (κ1) is 15.4. The van der Waals surface area contributed by atoms with E-state index >= 15 is 0 Å². The molecule has 0 aromatic rings. The van der Waals surface area contributed by atoms with Gasteiger partial charge in [0.1, 0.15) is 23.9 Å². The van der Waals surface area contributed by atoms with Crippen LogP contribution in [-0.4, -0.2) is 57.6 Å². The normalized spacial score (nSPS) is 32.3. The molecule has 0 radical (unpaired) electrons. The van der Waals surface area contributed by atoms with Gasteiger partial charge in [0, 0.05) is 6.42 Å². The molecule has 1 saturated heterocycles. The number of aliphatic hydroxyl groups is 4. The Morgan fingerprint density at radius 3 is 2.32 bits per heavy atom. The van der Waals surface area contributed by atoms with Crippen LogP contribution in [0.2, 0.25) is 0 Å². The second-order valence-electron chi connectivity index (χ2n) is 5.87. The van der Waals surface area contributed by atoms with E-state index in [9.17, 15) is 20.4 Å². The van der Waals surface area contributed by atoms with Crippen LogP contribution in [0.15, 0.2) is 42.5 Å². The van der Waals surface area contributed by atoms with Gasteiger partial charge in [-0.3, -0.25) is 0 Å². The fourth-order valence-corrected chi connectivity index (χ4v) is 3.11. The van der Waals surface area contributed by atoms with Gasteiger partial charge in [0.05, 0.1) is 13.2 Å². The Bertz CT molecular complexity index is 581. The highest BCUT2D eigenvalue weighted by Gasteiger charge is 2.50. The minimum Gasteiger partial charge on any atom is -0.394 e. The quantitative estimate of drug-likeness (QED) is 0.649. The predicted octanol–water partition coefficient (Wildman–Crippen LogP) is 0.178. The van der Waals surface area contributed by atoms with Crippen molar-refractivity contribution >= 4 is 0 Å². The summed E-state index contributed by atoms with van der Waals surface area (Å²) in [5.41, 5.74) is 1.14. The van der Waals surface area contributed by atoms with E-state index in [-0.39, 0.29) is 13.0 Å². The molecular formula is C17H20O5. The second-order valence-corrected chi connectivity index (χ2v) is 5.87. The van der Waals surface area contributed by atoms with E-state index in [4.69, 9.17) is 4.74 Å². The first-order valence-electron chi connectivity index (χ1n) is 7.33. The zero-order chi connectivity index (χ0) is 15.7. The van der Waals surface area contributed by atoms with Crippen LogP contribution in [0.3, 0.4) is 0 Å². The topological polar surface area (TPSA) is 90.2 Å². The van der Waals surface area contributed by atoms with Gasteiger partial charge >= 0.3 is 0 Å². The Labute approximate surface area is 128 Å². The average Bonchev–Trinajstić information content (AvgIpc) is 2.73. The first-order chi connectivity index (χ1) is 10.5. The van der Waals surface area contributed by atoms with Gasteiger partial charge < -0.3 is 25.2 Å². The van der Waals surface area contributed by atoms with Crippen molar-refractivity contribution in [3.8, 4) is 11.1 Å². The van der Waals surface area contributed by atoms with E-state index < -0.39 is 30.5 Å². The third-order valence-electron chi connectivity index (χ3n) is 4.34. The van der Waals surface area contributed by atoms with E-state index in [1.807, 2.05) is 42.5 Å². The SMILES string of the molecule is OC[C@H]1OCC(O)[C@@H](O)[C@@]1(O)Cc1cc2cccccc-2c1. The predicted molar refractivity (Wildman–Crippen MR) is 80.6 cm³/mol. The van der Waals surface area contributed by atoms with Crippen molar-refractivity contribution < 1.29 is 25.2 Å². The molecule has 2 aliphatic carbocycles. The van der Waals surface area contributed by atoms with Crippen molar-refractivity contribution in [1.29, 1.82) is 0 Å². The smallest absolute Gasteiger partial charge is 0.125 e. The fourth-order valence-electron chi connectivity index (χ4n) is 3.11. The molecule has 5 nitrogen and oxygen atoms in total. The summed E-state index contributed by atoms with van der Waals surface area (Å²) < 4.78 is 5.28. The Kier molecular flexibility index (Phi) is 4.16. The van der Waals surface area contributed by atoms with E-state index in [0.29, 0.717) is 0 Å². The molecule has 3 aliphatic rings. The summed E-state index contributed by atoms with van der Waals surface area (Å²) >= 11 is 0. The van der Waals surface area contributed by atoms with Gasteiger partial charge in [-0.1, -0.05) is 42.5 Å². The third kappa shape index (κ3) is 2.62. The lowest BCUT2D eigenvalue weighted by atomic mass is 9.80. The van der Waals surface area contributed by atoms with Crippen molar-refractivity contribution in [3.63, 3.8) is 0 Å². The number of aliphatic hydroxyl groups excluding tert-OH is 3. The fraction of sp³-hybridized carbons (Fsp3) is 0.412. The molecule has 118 valence electrons. The van der Waals surface area contributed by atoms with Crippen molar-refractivity contribution in [1.82, 2.24) is 0 Å². The minimum absolute atomic E-state index is 0.0921. The van der Waals surface area contributed by atoms with Gasteiger partial charge in [-0.15, -0.1) is 0 Å². The van der Waals surface area contributed by atoms with Crippen molar-refractivity contribution in [2.75, 3.05) is 13.2 Å². The summed E-state index contributed by atoms with van der Waals surface area (Å²) in [5, 5.41) is 40.2. The molecule has 3 rings (SSSR count). The monoisotopic (exact) mass is 304 g/mol. The Balaban J connectivity index is 1.93. The van der Waals surface area contributed by atoms with Crippen molar-refractivity contribution in [3.05, 3.63) is 48.0 Å². The summed E-state index contributed by atoms with van der Waals surface area (Å²) in [6.07, 6.45) is -3.38. The van der Waals surface area contributed by atoms with Crippen LogP contribution >= 0.6 is 0 Å². The Hall–Kier alpha value is -1.50. The molecule has 0 amide bonds. The molecule has 0 bridgehead atoms. The third-order valence-corrected chi connectivity index (χ3v) is 4.34. The Morgan fingerprint density at radius 2 is 1.73 bits per heavy atom. The summed E-state index contributed by atoms with van der Waals surface area (Å²) in [5.74, 6) is 0. The highest BCUT2D eigenvalue weighted by molar-refractivity contribution is 5.68. The van der Waals surface area contributed by atoms with Gasteiger partial charge in [0.15, 0.2) is 0 Å².